The fourth-order valence-corrected chi connectivity index (χ4v) is 1.65. The van der Waals surface area contributed by atoms with Gasteiger partial charge in [-0.3, -0.25) is 4.98 Å². The summed E-state index contributed by atoms with van der Waals surface area (Å²) in [5.74, 6) is 1.36. The first-order valence-electron chi connectivity index (χ1n) is 5.61. The van der Waals surface area contributed by atoms with Crippen LogP contribution in [0.25, 0.3) is 0 Å². The zero-order valence-electron chi connectivity index (χ0n) is 10.7. The van der Waals surface area contributed by atoms with Crippen LogP contribution in [0.3, 0.4) is 0 Å². The van der Waals surface area contributed by atoms with Crippen LogP contribution in [-0.4, -0.2) is 19.2 Å². The maximum Gasteiger partial charge on any atom is 0.142 e. The third kappa shape index (κ3) is 2.75. The lowest BCUT2D eigenvalue weighted by Gasteiger charge is -2.13. The molecule has 0 aliphatic rings. The Hall–Kier alpha value is -2.74. The molecule has 0 saturated heterocycles. The summed E-state index contributed by atoms with van der Waals surface area (Å²) >= 11 is 0. The summed E-state index contributed by atoms with van der Waals surface area (Å²) in [5, 5.41) is 12.2. The lowest BCUT2D eigenvalue weighted by Crippen LogP contribution is -1.98. The molecule has 0 radical (unpaired) electrons. The maximum absolute atomic E-state index is 9.05. The van der Waals surface area contributed by atoms with Crippen LogP contribution >= 0.6 is 0 Å². The van der Waals surface area contributed by atoms with Gasteiger partial charge in [0.25, 0.3) is 0 Å². The highest BCUT2D eigenvalue weighted by Crippen LogP contribution is 2.32. The van der Waals surface area contributed by atoms with Gasteiger partial charge in [0.05, 0.1) is 37.4 Å². The van der Waals surface area contributed by atoms with Crippen LogP contribution in [0.2, 0.25) is 0 Å². The number of ether oxygens (including phenoxy) is 2. The molecule has 5 nitrogen and oxygen atoms in total. The number of anilines is 2. The van der Waals surface area contributed by atoms with Gasteiger partial charge in [-0.25, -0.2) is 0 Å². The fraction of sp³-hybridized carbons (Fsp3) is 0.143. The second-order valence-corrected chi connectivity index (χ2v) is 3.72. The Kier molecular flexibility index (Phi) is 3.84. The summed E-state index contributed by atoms with van der Waals surface area (Å²) in [4.78, 5) is 4.00. The van der Waals surface area contributed by atoms with Gasteiger partial charge in [0.1, 0.15) is 17.6 Å². The molecule has 0 saturated carbocycles. The number of nitrogens with zero attached hydrogens (tertiary/aromatic N) is 2. The predicted molar refractivity (Wildman–Crippen MR) is 71.8 cm³/mol. The molecule has 1 aromatic carbocycles. The fourth-order valence-electron chi connectivity index (χ4n) is 1.65. The molecule has 96 valence electrons. The van der Waals surface area contributed by atoms with E-state index >= 15 is 0 Å². The SMILES string of the molecule is COc1ccc(OC)c(Nc2cnccc2C#N)c1. The first-order chi connectivity index (χ1) is 9.28. The molecular weight excluding hydrogens is 242 g/mol. The second kappa shape index (κ2) is 5.74. The van der Waals surface area contributed by atoms with Gasteiger partial charge < -0.3 is 14.8 Å². The number of hydrogen-bond donors (Lipinski definition) is 1. The Morgan fingerprint density at radius 2 is 2.00 bits per heavy atom. The van der Waals surface area contributed by atoms with Crippen molar-refractivity contribution in [3.05, 3.63) is 42.2 Å². The van der Waals surface area contributed by atoms with Crippen molar-refractivity contribution in [2.24, 2.45) is 0 Å². The van der Waals surface area contributed by atoms with E-state index in [0.717, 1.165) is 0 Å². The summed E-state index contributed by atoms with van der Waals surface area (Å²) in [7, 11) is 3.18. The van der Waals surface area contributed by atoms with E-state index in [9.17, 15) is 0 Å². The Bertz CT molecular complexity index is 620. The van der Waals surface area contributed by atoms with Gasteiger partial charge in [0.15, 0.2) is 0 Å². The van der Waals surface area contributed by atoms with Gasteiger partial charge in [0.2, 0.25) is 0 Å². The minimum Gasteiger partial charge on any atom is -0.497 e. The molecule has 0 aliphatic carbocycles. The second-order valence-electron chi connectivity index (χ2n) is 3.72. The molecule has 2 rings (SSSR count). The normalized spacial score (nSPS) is 9.53. The van der Waals surface area contributed by atoms with Crippen molar-refractivity contribution in [1.29, 1.82) is 5.26 Å². The zero-order valence-corrected chi connectivity index (χ0v) is 10.7. The molecule has 2 aromatic rings. The van der Waals surface area contributed by atoms with Crippen LogP contribution in [-0.2, 0) is 0 Å². The van der Waals surface area contributed by atoms with Crippen LogP contribution in [0.4, 0.5) is 11.4 Å². The van der Waals surface area contributed by atoms with Crippen LogP contribution in [0.5, 0.6) is 11.5 Å². The van der Waals surface area contributed by atoms with E-state index < -0.39 is 0 Å². The minimum absolute atomic E-state index is 0.514. The van der Waals surface area contributed by atoms with E-state index in [1.165, 1.54) is 0 Å². The van der Waals surface area contributed by atoms with Gasteiger partial charge in [-0.2, -0.15) is 5.26 Å². The summed E-state index contributed by atoms with van der Waals surface area (Å²) in [5.41, 5.74) is 1.85. The van der Waals surface area contributed by atoms with Crippen LogP contribution in [0, 0.1) is 11.3 Å². The number of hydrogen-bond acceptors (Lipinski definition) is 5. The van der Waals surface area contributed by atoms with E-state index in [4.69, 9.17) is 14.7 Å². The zero-order chi connectivity index (χ0) is 13.7. The number of aromatic nitrogens is 1. The van der Waals surface area contributed by atoms with Gasteiger partial charge in [0, 0.05) is 12.3 Å². The van der Waals surface area contributed by atoms with E-state index in [2.05, 4.69) is 16.4 Å². The van der Waals surface area contributed by atoms with Gasteiger partial charge in [-0.05, 0) is 18.2 Å². The lowest BCUT2D eigenvalue weighted by atomic mass is 10.2. The van der Waals surface area contributed by atoms with Gasteiger partial charge in [-0.15, -0.1) is 0 Å². The van der Waals surface area contributed by atoms with E-state index in [1.54, 1.807) is 50.9 Å². The minimum atomic E-state index is 0.514. The van der Waals surface area contributed by atoms with Crippen molar-refractivity contribution in [2.75, 3.05) is 19.5 Å². The molecule has 19 heavy (non-hydrogen) atoms. The van der Waals surface area contributed by atoms with Crippen molar-refractivity contribution in [3.8, 4) is 17.6 Å². The average Bonchev–Trinajstić information content (AvgIpc) is 2.47. The van der Waals surface area contributed by atoms with Crippen molar-refractivity contribution >= 4 is 11.4 Å². The topological polar surface area (TPSA) is 67.2 Å². The summed E-state index contributed by atoms with van der Waals surface area (Å²) < 4.78 is 10.4. The number of rotatable bonds is 4. The number of methoxy groups -OCH3 is 2. The first kappa shape index (κ1) is 12.7. The highest BCUT2D eigenvalue weighted by atomic mass is 16.5. The molecule has 1 N–H and O–H groups in total. The molecule has 0 atom stereocenters. The summed E-state index contributed by atoms with van der Waals surface area (Å²) in [6, 6.07) is 9.15. The molecule has 5 heteroatoms. The van der Waals surface area contributed by atoms with Crippen LogP contribution < -0.4 is 14.8 Å². The number of nitriles is 1. The first-order valence-corrected chi connectivity index (χ1v) is 5.61. The standard InChI is InChI=1S/C14H13N3O2/c1-18-11-3-4-14(19-2)12(7-11)17-13-9-16-6-5-10(13)8-15/h3-7,9,17H,1-2H3. The lowest BCUT2D eigenvalue weighted by molar-refractivity contribution is 0.405. The monoisotopic (exact) mass is 255 g/mol. The molecule has 0 fully saturated rings. The number of pyridine rings is 1. The third-order valence-corrected chi connectivity index (χ3v) is 2.62. The molecular formula is C14H13N3O2. The summed E-state index contributed by atoms with van der Waals surface area (Å²) in [6.45, 7) is 0. The number of nitrogens with one attached hydrogen (secondary N) is 1. The Labute approximate surface area is 111 Å². The largest absolute Gasteiger partial charge is 0.497 e. The smallest absolute Gasteiger partial charge is 0.142 e. The Morgan fingerprint density at radius 1 is 1.16 bits per heavy atom. The average molecular weight is 255 g/mol. The van der Waals surface area contributed by atoms with E-state index in [-0.39, 0.29) is 0 Å². The molecule has 0 bridgehead atoms. The molecule has 1 heterocycles. The van der Waals surface area contributed by atoms with Gasteiger partial charge >= 0.3 is 0 Å². The predicted octanol–water partition coefficient (Wildman–Crippen LogP) is 2.71. The highest BCUT2D eigenvalue weighted by Gasteiger charge is 2.08. The number of benzene rings is 1. The molecule has 0 amide bonds. The summed E-state index contributed by atoms with van der Waals surface area (Å²) in [6.07, 6.45) is 3.17. The van der Waals surface area contributed by atoms with E-state index in [1.807, 2.05) is 0 Å². The quantitative estimate of drug-likeness (QED) is 0.909. The molecule has 1 aromatic heterocycles. The van der Waals surface area contributed by atoms with Crippen molar-refractivity contribution in [2.45, 2.75) is 0 Å². The van der Waals surface area contributed by atoms with Gasteiger partial charge in [-0.1, -0.05) is 0 Å². The molecule has 0 unspecified atom stereocenters. The maximum atomic E-state index is 9.05. The van der Waals surface area contributed by atoms with E-state index in [0.29, 0.717) is 28.4 Å². The third-order valence-electron chi connectivity index (χ3n) is 2.62. The Balaban J connectivity index is 2.39. The molecule has 0 aliphatic heterocycles. The van der Waals surface area contributed by atoms with Crippen molar-refractivity contribution < 1.29 is 9.47 Å². The van der Waals surface area contributed by atoms with Crippen molar-refractivity contribution in [1.82, 2.24) is 4.98 Å². The highest BCUT2D eigenvalue weighted by molar-refractivity contribution is 5.71. The Morgan fingerprint density at radius 3 is 2.68 bits per heavy atom. The van der Waals surface area contributed by atoms with Crippen molar-refractivity contribution in [3.63, 3.8) is 0 Å². The molecule has 0 spiro atoms. The van der Waals surface area contributed by atoms with Crippen LogP contribution in [0.1, 0.15) is 5.56 Å². The van der Waals surface area contributed by atoms with Crippen LogP contribution in [0.15, 0.2) is 36.7 Å².